The van der Waals surface area contributed by atoms with Crippen molar-refractivity contribution in [3.8, 4) is 0 Å². The third-order valence-corrected chi connectivity index (χ3v) is 7.01. The largest absolute Gasteiger partial charge is 0.383 e. The lowest BCUT2D eigenvalue weighted by atomic mass is 10.0. The molecule has 11 heteroatoms. The normalized spacial score (nSPS) is 19.3. The molecule has 1 fully saturated rings. The van der Waals surface area contributed by atoms with Gasteiger partial charge < -0.3 is 15.0 Å². The molecule has 0 radical (unpaired) electrons. The highest BCUT2D eigenvalue weighted by Crippen LogP contribution is 2.32. The van der Waals surface area contributed by atoms with E-state index in [1.165, 1.54) is 6.33 Å². The van der Waals surface area contributed by atoms with E-state index in [-0.39, 0.29) is 12.5 Å². The summed E-state index contributed by atoms with van der Waals surface area (Å²) < 4.78 is 29.8. The van der Waals surface area contributed by atoms with Gasteiger partial charge in [-0.15, -0.1) is 0 Å². The number of benzene rings is 1. The molecule has 1 aliphatic rings. The molecule has 0 bridgehead atoms. The van der Waals surface area contributed by atoms with E-state index in [1.54, 1.807) is 6.20 Å². The smallest absolute Gasteiger partial charge is 0.333 e. The first-order chi connectivity index (χ1) is 16.3. The molecule has 9 nitrogen and oxygen atoms in total. The average Bonchev–Trinajstić information content (AvgIpc) is 3.45. The van der Waals surface area contributed by atoms with Gasteiger partial charge >= 0.3 is 10.3 Å². The lowest BCUT2D eigenvalue weighted by Crippen LogP contribution is -2.20. The van der Waals surface area contributed by atoms with Gasteiger partial charge in [-0.05, 0) is 54.9 Å². The van der Waals surface area contributed by atoms with Gasteiger partial charge in [-0.25, -0.2) is 15.1 Å². The van der Waals surface area contributed by atoms with Crippen LogP contribution >= 0.6 is 15.9 Å². The maximum Gasteiger partial charge on any atom is 0.333 e. The van der Waals surface area contributed by atoms with E-state index in [9.17, 15) is 13.5 Å². The zero-order valence-electron chi connectivity index (χ0n) is 18.5. The quantitative estimate of drug-likeness (QED) is 0.353. The molecule has 2 aromatic heterocycles. The van der Waals surface area contributed by atoms with Crippen molar-refractivity contribution in [1.29, 1.82) is 0 Å². The lowest BCUT2D eigenvalue weighted by Gasteiger charge is -2.17. The summed E-state index contributed by atoms with van der Waals surface area (Å²) in [6, 6.07) is 10.0. The van der Waals surface area contributed by atoms with Crippen LogP contribution in [-0.2, 0) is 21.0 Å². The topological polar surface area (TPSA) is 132 Å². The van der Waals surface area contributed by atoms with Crippen LogP contribution in [0, 0.1) is 11.8 Å². The number of aliphatic hydroxyl groups excluding tert-OH is 1. The highest BCUT2D eigenvalue weighted by Gasteiger charge is 2.26. The third kappa shape index (κ3) is 6.86. The van der Waals surface area contributed by atoms with Crippen LogP contribution in [0.3, 0.4) is 0 Å². The van der Waals surface area contributed by atoms with Gasteiger partial charge in [0.05, 0.1) is 6.61 Å². The summed E-state index contributed by atoms with van der Waals surface area (Å²) in [4.78, 5) is 8.45. The molecule has 4 N–H and O–H groups in total. The number of rotatable bonds is 10. The maximum absolute atomic E-state index is 11.1. The Morgan fingerprint density at radius 3 is 2.91 bits per heavy atom. The number of anilines is 1. The second-order valence-electron chi connectivity index (χ2n) is 8.68. The molecule has 0 aliphatic heterocycles. The zero-order valence-corrected chi connectivity index (χ0v) is 21.0. The van der Waals surface area contributed by atoms with Crippen molar-refractivity contribution in [2.45, 2.75) is 31.9 Å². The Balaban J connectivity index is 1.36. The predicted molar refractivity (Wildman–Crippen MR) is 132 cm³/mol. The second kappa shape index (κ2) is 11.0. The molecule has 0 spiro atoms. The highest BCUT2D eigenvalue weighted by molar-refractivity contribution is 9.10. The number of hydrogen-bond donors (Lipinski definition) is 3. The van der Waals surface area contributed by atoms with E-state index in [1.807, 2.05) is 35.2 Å². The minimum Gasteiger partial charge on any atom is -0.383 e. The van der Waals surface area contributed by atoms with Crippen molar-refractivity contribution < 1.29 is 17.7 Å². The molecule has 3 aromatic rings. The van der Waals surface area contributed by atoms with Gasteiger partial charge in [-0.1, -0.05) is 28.1 Å². The molecule has 2 heterocycles. The van der Waals surface area contributed by atoms with Crippen molar-refractivity contribution >= 4 is 32.1 Å². The third-order valence-electron chi connectivity index (χ3n) is 6.05. The maximum atomic E-state index is 11.1. The fraction of sp³-hybridized carbons (Fsp3) is 0.391. The Kier molecular flexibility index (Phi) is 7.99. The van der Waals surface area contributed by atoms with Crippen LogP contribution in [0.2, 0.25) is 0 Å². The number of hydrogen-bond acceptors (Lipinski definition) is 7. The first-order valence-electron chi connectivity index (χ1n) is 11.1. The first-order valence-corrected chi connectivity index (χ1v) is 13.3. The van der Waals surface area contributed by atoms with Gasteiger partial charge in [0.15, 0.2) is 0 Å². The van der Waals surface area contributed by atoms with Crippen LogP contribution in [0.15, 0.2) is 59.7 Å². The Labute approximate surface area is 207 Å². The highest BCUT2D eigenvalue weighted by atomic mass is 79.9. The molecule has 1 unspecified atom stereocenters. The van der Waals surface area contributed by atoms with Gasteiger partial charge in [0.1, 0.15) is 18.2 Å². The van der Waals surface area contributed by atoms with E-state index in [4.69, 9.17) is 9.32 Å². The minimum absolute atomic E-state index is 0.115. The van der Waals surface area contributed by atoms with Crippen LogP contribution in [-0.4, -0.2) is 41.2 Å². The summed E-state index contributed by atoms with van der Waals surface area (Å²) in [6.45, 7) is 1.47. The number of aromatic nitrogens is 3. The minimum atomic E-state index is -3.91. The van der Waals surface area contributed by atoms with Crippen LogP contribution in [0.5, 0.6) is 0 Å². The Bertz CT molecular complexity index is 1220. The number of nitrogens with two attached hydrogens (primary N) is 1. The predicted octanol–water partition coefficient (Wildman–Crippen LogP) is 3.22. The average molecular weight is 550 g/mol. The van der Waals surface area contributed by atoms with Crippen molar-refractivity contribution in [1.82, 2.24) is 14.5 Å². The van der Waals surface area contributed by atoms with Crippen LogP contribution < -0.4 is 10.5 Å². The molecule has 182 valence electrons. The molecule has 1 aliphatic carbocycles. The van der Waals surface area contributed by atoms with Gasteiger partial charge in [0, 0.05) is 47.3 Å². The summed E-state index contributed by atoms with van der Waals surface area (Å²) in [5.74, 6) is 1.09. The molecule has 3 atom stereocenters. The zero-order chi connectivity index (χ0) is 24.1. The lowest BCUT2D eigenvalue weighted by molar-refractivity contribution is 0.220. The van der Waals surface area contributed by atoms with Gasteiger partial charge in [-0.3, -0.25) is 4.18 Å². The van der Waals surface area contributed by atoms with Crippen molar-refractivity contribution in [2.75, 3.05) is 18.5 Å². The second-order valence-corrected chi connectivity index (χ2v) is 10.8. The number of halogens is 1. The summed E-state index contributed by atoms with van der Waals surface area (Å²) in [5, 5.41) is 19.3. The van der Waals surface area contributed by atoms with Crippen LogP contribution in [0.1, 0.15) is 42.1 Å². The fourth-order valence-electron chi connectivity index (χ4n) is 4.38. The van der Waals surface area contributed by atoms with Gasteiger partial charge in [0.25, 0.3) is 0 Å². The SMILES string of the molecule is NS(=O)(=O)OC[C@@H]1CC[C@H](CNc2ncncc2C(O)c2ccn(Cc3cccc(Br)c3)c2)C1. The molecular formula is C23H28BrN5O4S. The number of nitrogens with one attached hydrogen (secondary N) is 1. The van der Waals surface area contributed by atoms with Crippen molar-refractivity contribution in [3.63, 3.8) is 0 Å². The Hall–Kier alpha value is -2.31. The molecule has 4 rings (SSSR count). The van der Waals surface area contributed by atoms with Crippen LogP contribution in [0.25, 0.3) is 0 Å². The van der Waals surface area contributed by atoms with Gasteiger partial charge in [-0.2, -0.15) is 8.42 Å². The first kappa shape index (κ1) is 24.8. The summed E-state index contributed by atoms with van der Waals surface area (Å²) in [6.07, 6.45) is 8.75. The molecule has 34 heavy (non-hydrogen) atoms. The summed E-state index contributed by atoms with van der Waals surface area (Å²) >= 11 is 3.49. The van der Waals surface area contributed by atoms with Crippen LogP contribution in [0.4, 0.5) is 5.82 Å². The van der Waals surface area contributed by atoms with Crippen molar-refractivity contribution in [2.24, 2.45) is 17.0 Å². The summed E-state index contributed by atoms with van der Waals surface area (Å²) in [7, 11) is -3.91. The monoisotopic (exact) mass is 549 g/mol. The Morgan fingerprint density at radius 2 is 2.12 bits per heavy atom. The van der Waals surface area contributed by atoms with E-state index >= 15 is 0 Å². The molecule has 0 amide bonds. The van der Waals surface area contributed by atoms with E-state index in [0.717, 1.165) is 34.9 Å². The number of aliphatic hydroxyl groups is 1. The molecular weight excluding hydrogens is 522 g/mol. The Morgan fingerprint density at radius 1 is 1.29 bits per heavy atom. The molecule has 1 saturated carbocycles. The summed E-state index contributed by atoms with van der Waals surface area (Å²) in [5.41, 5.74) is 2.52. The molecule has 1 aromatic carbocycles. The van der Waals surface area contributed by atoms with Gasteiger partial charge in [0.2, 0.25) is 0 Å². The van der Waals surface area contributed by atoms with E-state index < -0.39 is 16.4 Å². The standard InChI is InChI=1S/C23H28BrN5O4S/c24-20-3-1-2-17(9-20)12-29-7-6-19(13-29)22(30)21-11-26-15-28-23(21)27-10-16-4-5-18(8-16)14-33-34(25,31)32/h1-3,6-7,9,11,13,15-16,18,22,30H,4-5,8,10,12,14H2,(H2,25,31,32)(H,26,27,28)/t16-,18+,22?/m0/s1. The molecule has 0 saturated heterocycles. The number of nitrogens with zero attached hydrogens (tertiary/aromatic N) is 3. The van der Waals surface area contributed by atoms with E-state index in [2.05, 4.69) is 43.3 Å². The van der Waals surface area contributed by atoms with E-state index in [0.29, 0.717) is 30.4 Å². The van der Waals surface area contributed by atoms with Crippen molar-refractivity contribution in [3.05, 3.63) is 76.4 Å². The fourth-order valence-corrected chi connectivity index (χ4v) is 5.21.